The second-order valence-electron chi connectivity index (χ2n) is 7.05. The fraction of sp³-hybridized carbons (Fsp3) is 0.529. The van der Waals surface area contributed by atoms with E-state index in [9.17, 15) is 23.3 Å². The van der Waals surface area contributed by atoms with Gasteiger partial charge in [-0.3, -0.25) is 10.1 Å². The van der Waals surface area contributed by atoms with Crippen molar-refractivity contribution in [3.05, 3.63) is 46.0 Å². The average Bonchev–Trinajstić information content (AvgIpc) is 3.37. The molecule has 144 valence electrons. The number of non-ortho nitro benzene ring substituents is 1. The number of piperidine rings is 1. The van der Waals surface area contributed by atoms with E-state index in [0.29, 0.717) is 38.0 Å². The summed E-state index contributed by atoms with van der Waals surface area (Å²) in [6, 6.07) is 3.40. The molecule has 1 aliphatic carbocycles. The van der Waals surface area contributed by atoms with Gasteiger partial charge >= 0.3 is 6.18 Å². The van der Waals surface area contributed by atoms with Crippen molar-refractivity contribution in [2.24, 2.45) is 0 Å². The van der Waals surface area contributed by atoms with Crippen LogP contribution in [0.2, 0.25) is 0 Å². The van der Waals surface area contributed by atoms with E-state index in [2.05, 4.69) is 14.8 Å². The van der Waals surface area contributed by atoms with Crippen LogP contribution in [0.15, 0.2) is 24.5 Å². The Morgan fingerprint density at radius 1 is 1.15 bits per heavy atom. The van der Waals surface area contributed by atoms with Gasteiger partial charge in [-0.15, -0.1) is 10.2 Å². The van der Waals surface area contributed by atoms with Crippen molar-refractivity contribution < 1.29 is 18.1 Å². The average molecular weight is 381 g/mol. The van der Waals surface area contributed by atoms with Gasteiger partial charge < -0.3 is 9.47 Å². The summed E-state index contributed by atoms with van der Waals surface area (Å²) in [5, 5.41) is 19.1. The van der Waals surface area contributed by atoms with Gasteiger partial charge in [-0.1, -0.05) is 0 Å². The Balaban J connectivity index is 1.54. The number of benzene rings is 1. The lowest BCUT2D eigenvalue weighted by atomic mass is 9.94. The molecule has 27 heavy (non-hydrogen) atoms. The molecular weight excluding hydrogens is 363 g/mol. The highest BCUT2D eigenvalue weighted by Gasteiger charge is 2.38. The van der Waals surface area contributed by atoms with E-state index in [1.165, 1.54) is 6.07 Å². The molecule has 0 radical (unpaired) electrons. The summed E-state index contributed by atoms with van der Waals surface area (Å²) in [6.07, 6.45) is 0.643. The van der Waals surface area contributed by atoms with Crippen molar-refractivity contribution in [1.29, 1.82) is 0 Å². The topological polar surface area (TPSA) is 77.1 Å². The van der Waals surface area contributed by atoms with Crippen LogP contribution in [-0.4, -0.2) is 32.8 Å². The second kappa shape index (κ2) is 6.50. The zero-order valence-electron chi connectivity index (χ0n) is 14.4. The van der Waals surface area contributed by atoms with Gasteiger partial charge in [-0.25, -0.2) is 0 Å². The van der Waals surface area contributed by atoms with Crippen LogP contribution in [0.5, 0.6) is 0 Å². The van der Waals surface area contributed by atoms with Crippen LogP contribution in [0.3, 0.4) is 0 Å². The zero-order valence-corrected chi connectivity index (χ0v) is 14.4. The van der Waals surface area contributed by atoms with Crippen molar-refractivity contribution >= 4 is 11.4 Å². The molecule has 0 bridgehead atoms. The maximum absolute atomic E-state index is 13.4. The summed E-state index contributed by atoms with van der Waals surface area (Å²) in [5.74, 6) is 1.08. The van der Waals surface area contributed by atoms with Gasteiger partial charge in [0.15, 0.2) is 0 Å². The molecule has 2 heterocycles. The molecule has 2 aliphatic rings. The molecule has 1 saturated heterocycles. The molecule has 2 fully saturated rings. The first kappa shape index (κ1) is 17.7. The third-order valence-corrected chi connectivity index (χ3v) is 5.24. The molecule has 0 N–H and O–H groups in total. The van der Waals surface area contributed by atoms with Gasteiger partial charge in [-0.05, 0) is 31.7 Å². The molecule has 1 aromatic carbocycles. The van der Waals surface area contributed by atoms with Gasteiger partial charge in [0.05, 0.1) is 10.5 Å². The number of anilines is 1. The van der Waals surface area contributed by atoms with Gasteiger partial charge in [0, 0.05) is 42.9 Å². The maximum Gasteiger partial charge on any atom is 0.418 e. The summed E-state index contributed by atoms with van der Waals surface area (Å²) in [4.78, 5) is 11.7. The number of alkyl halides is 3. The van der Waals surface area contributed by atoms with E-state index in [1.807, 2.05) is 0 Å². The highest BCUT2D eigenvalue weighted by Crippen LogP contribution is 2.42. The second-order valence-corrected chi connectivity index (χ2v) is 7.05. The first-order chi connectivity index (χ1) is 12.8. The fourth-order valence-corrected chi connectivity index (χ4v) is 3.70. The minimum absolute atomic E-state index is 0.00444. The van der Waals surface area contributed by atoms with E-state index < -0.39 is 22.4 Å². The molecule has 1 aromatic heterocycles. The molecule has 1 aliphatic heterocycles. The molecule has 10 heteroatoms. The predicted molar refractivity (Wildman–Crippen MR) is 90.6 cm³/mol. The third kappa shape index (κ3) is 3.47. The molecule has 0 unspecified atom stereocenters. The number of nitro benzene ring substituents is 1. The first-order valence-corrected chi connectivity index (χ1v) is 8.84. The Kier molecular flexibility index (Phi) is 4.27. The molecule has 0 amide bonds. The van der Waals surface area contributed by atoms with Gasteiger partial charge in [0.25, 0.3) is 5.69 Å². The Bertz CT molecular complexity index is 854. The Labute approximate surface area is 152 Å². The largest absolute Gasteiger partial charge is 0.418 e. The fourth-order valence-electron chi connectivity index (χ4n) is 3.70. The lowest BCUT2D eigenvalue weighted by Gasteiger charge is -2.34. The quantitative estimate of drug-likeness (QED) is 0.593. The van der Waals surface area contributed by atoms with E-state index in [4.69, 9.17) is 0 Å². The van der Waals surface area contributed by atoms with Crippen molar-refractivity contribution in [1.82, 2.24) is 14.8 Å². The third-order valence-electron chi connectivity index (χ3n) is 5.24. The van der Waals surface area contributed by atoms with Crippen molar-refractivity contribution in [2.75, 3.05) is 18.0 Å². The normalized spacial score (nSPS) is 18.7. The summed E-state index contributed by atoms with van der Waals surface area (Å²) >= 11 is 0. The smallest absolute Gasteiger partial charge is 0.371 e. The zero-order chi connectivity index (χ0) is 19.2. The van der Waals surface area contributed by atoms with Crippen LogP contribution in [-0.2, 0) is 6.18 Å². The maximum atomic E-state index is 13.4. The predicted octanol–water partition coefficient (Wildman–Crippen LogP) is 3.92. The highest BCUT2D eigenvalue weighted by molar-refractivity contribution is 5.59. The van der Waals surface area contributed by atoms with Gasteiger partial charge in [-0.2, -0.15) is 13.2 Å². The van der Waals surface area contributed by atoms with Crippen LogP contribution in [0, 0.1) is 10.1 Å². The molecule has 1 saturated carbocycles. The lowest BCUT2D eigenvalue weighted by molar-refractivity contribution is -0.385. The molecule has 0 spiro atoms. The number of hydrogen-bond donors (Lipinski definition) is 0. The van der Waals surface area contributed by atoms with Crippen LogP contribution in [0.4, 0.5) is 24.5 Å². The monoisotopic (exact) mass is 381 g/mol. The Morgan fingerprint density at radius 2 is 1.85 bits per heavy atom. The first-order valence-electron chi connectivity index (χ1n) is 8.84. The SMILES string of the molecule is O=[N+]([O-])c1ccc(N2CCC(c3nncn3C3CC3)CC2)c(C(F)(F)F)c1. The summed E-state index contributed by atoms with van der Waals surface area (Å²) < 4.78 is 42.4. The minimum atomic E-state index is -4.65. The number of rotatable bonds is 4. The molecular formula is C17H18F3N5O2. The number of nitro groups is 1. The Morgan fingerprint density at radius 3 is 2.44 bits per heavy atom. The van der Waals surface area contributed by atoms with Gasteiger partial charge in [0.1, 0.15) is 12.2 Å². The Hall–Kier alpha value is -2.65. The lowest BCUT2D eigenvalue weighted by Crippen LogP contribution is -2.35. The molecule has 7 nitrogen and oxygen atoms in total. The number of aromatic nitrogens is 3. The summed E-state index contributed by atoms with van der Waals surface area (Å²) in [5.41, 5.74) is -1.52. The van der Waals surface area contributed by atoms with Crippen molar-refractivity contribution in [3.8, 4) is 0 Å². The highest BCUT2D eigenvalue weighted by atomic mass is 19.4. The van der Waals surface area contributed by atoms with Crippen LogP contribution in [0.1, 0.15) is 49.0 Å². The van der Waals surface area contributed by atoms with E-state index in [-0.39, 0.29) is 11.6 Å². The van der Waals surface area contributed by atoms with E-state index in [1.54, 1.807) is 11.2 Å². The van der Waals surface area contributed by atoms with Crippen molar-refractivity contribution in [2.45, 2.75) is 43.8 Å². The van der Waals surface area contributed by atoms with Crippen molar-refractivity contribution in [3.63, 3.8) is 0 Å². The molecule has 4 rings (SSSR count). The number of hydrogen-bond acceptors (Lipinski definition) is 5. The molecule has 0 atom stereocenters. The van der Waals surface area contributed by atoms with E-state index in [0.717, 1.165) is 24.7 Å². The number of nitrogens with zero attached hydrogens (tertiary/aromatic N) is 5. The van der Waals surface area contributed by atoms with E-state index >= 15 is 0 Å². The van der Waals surface area contributed by atoms with Gasteiger partial charge in [0.2, 0.25) is 0 Å². The molecule has 2 aromatic rings. The minimum Gasteiger partial charge on any atom is -0.371 e. The van der Waals surface area contributed by atoms with Crippen LogP contribution < -0.4 is 4.90 Å². The summed E-state index contributed by atoms with van der Waals surface area (Å²) in [6.45, 7) is 0.867. The standard InChI is InChI=1S/C17H18F3N5O2/c18-17(19,20)14-9-13(25(26)27)3-4-15(14)23-7-5-11(6-8-23)16-22-21-10-24(16)12-1-2-12/h3-4,9-12H,1-2,5-8H2. The summed E-state index contributed by atoms with van der Waals surface area (Å²) in [7, 11) is 0. The van der Waals surface area contributed by atoms with Crippen LogP contribution in [0.25, 0.3) is 0 Å². The van der Waals surface area contributed by atoms with Crippen LogP contribution >= 0.6 is 0 Å². The number of halogens is 3.